The quantitative estimate of drug-likeness (QED) is 0.451. The number of benzene rings is 1. The molecular weight excluding hydrogens is 376 g/mol. The number of ether oxygens (including phenoxy) is 1. The number of aryl methyl sites for hydroxylation is 2. The van der Waals surface area contributed by atoms with Crippen molar-refractivity contribution in [3.8, 4) is 5.75 Å². The van der Waals surface area contributed by atoms with E-state index >= 15 is 0 Å². The average molecular weight is 407 g/mol. The predicted molar refractivity (Wildman–Crippen MR) is 120 cm³/mol. The van der Waals surface area contributed by atoms with Gasteiger partial charge in [0, 0.05) is 31.1 Å². The molecule has 0 atom stereocenters. The van der Waals surface area contributed by atoms with E-state index in [1.807, 2.05) is 75.7 Å². The van der Waals surface area contributed by atoms with Gasteiger partial charge in [-0.05, 0) is 38.3 Å². The second-order valence-electron chi connectivity index (χ2n) is 7.86. The standard InChI is InChI=1S/C25H30N2O3/c1-6-11-21(28)23-24(30-16(3)4)19-14-18(20(7-2)26-25(19)27(23)5)15-22(29)17-12-9-8-10-13-17/h8-10,12-14,16H,6-7,11,15H2,1-5H3. The molecule has 0 radical (unpaired) electrons. The molecule has 0 bridgehead atoms. The lowest BCUT2D eigenvalue weighted by Crippen LogP contribution is -2.11. The number of Topliss-reactive ketones (excluding diaryl/α,β-unsaturated/α-hetero) is 2. The highest BCUT2D eigenvalue weighted by Crippen LogP contribution is 2.35. The second-order valence-corrected chi connectivity index (χ2v) is 7.86. The summed E-state index contributed by atoms with van der Waals surface area (Å²) in [6.07, 6.45) is 2.12. The molecule has 0 aliphatic rings. The molecular formula is C25H30N2O3. The maximum atomic E-state index is 12.9. The molecule has 0 spiro atoms. The van der Waals surface area contributed by atoms with Gasteiger partial charge in [-0.1, -0.05) is 44.2 Å². The van der Waals surface area contributed by atoms with Gasteiger partial charge in [-0.15, -0.1) is 0 Å². The number of hydrogen-bond acceptors (Lipinski definition) is 4. The van der Waals surface area contributed by atoms with Crippen molar-refractivity contribution in [1.82, 2.24) is 9.55 Å². The van der Waals surface area contributed by atoms with Crippen molar-refractivity contribution in [1.29, 1.82) is 0 Å². The topological polar surface area (TPSA) is 61.2 Å². The van der Waals surface area contributed by atoms with Crippen LogP contribution in [0.2, 0.25) is 0 Å². The average Bonchev–Trinajstić information content (AvgIpc) is 2.98. The van der Waals surface area contributed by atoms with Crippen LogP contribution in [0, 0.1) is 0 Å². The lowest BCUT2D eigenvalue weighted by atomic mass is 10.00. The zero-order valence-corrected chi connectivity index (χ0v) is 18.5. The fourth-order valence-corrected chi connectivity index (χ4v) is 3.76. The van der Waals surface area contributed by atoms with Crippen molar-refractivity contribution >= 4 is 22.6 Å². The van der Waals surface area contributed by atoms with E-state index in [0.29, 0.717) is 29.8 Å². The molecule has 5 heteroatoms. The van der Waals surface area contributed by atoms with Gasteiger partial charge >= 0.3 is 0 Å². The van der Waals surface area contributed by atoms with Crippen LogP contribution in [0.25, 0.3) is 11.0 Å². The Kier molecular flexibility index (Phi) is 6.70. The minimum atomic E-state index is -0.0796. The monoisotopic (exact) mass is 406 g/mol. The van der Waals surface area contributed by atoms with E-state index in [4.69, 9.17) is 9.72 Å². The van der Waals surface area contributed by atoms with Gasteiger partial charge in [0.2, 0.25) is 0 Å². The largest absolute Gasteiger partial charge is 0.488 e. The Labute approximate surface area is 178 Å². The summed E-state index contributed by atoms with van der Waals surface area (Å²) in [6, 6.07) is 11.3. The number of carbonyl (C=O) groups excluding carboxylic acids is 2. The molecule has 30 heavy (non-hydrogen) atoms. The highest BCUT2D eigenvalue weighted by molar-refractivity contribution is 6.05. The van der Waals surface area contributed by atoms with Crippen LogP contribution in [0.3, 0.4) is 0 Å². The third-order valence-electron chi connectivity index (χ3n) is 5.16. The molecule has 3 aromatic rings. The molecule has 0 unspecified atom stereocenters. The molecule has 0 amide bonds. The minimum Gasteiger partial charge on any atom is -0.488 e. The van der Waals surface area contributed by atoms with Crippen LogP contribution < -0.4 is 4.74 Å². The number of aromatic nitrogens is 2. The van der Waals surface area contributed by atoms with Gasteiger partial charge in [0.15, 0.2) is 17.3 Å². The number of fused-ring (bicyclic) bond motifs is 1. The molecule has 3 rings (SSSR count). The third-order valence-corrected chi connectivity index (χ3v) is 5.16. The van der Waals surface area contributed by atoms with E-state index in [2.05, 4.69) is 0 Å². The van der Waals surface area contributed by atoms with E-state index in [1.54, 1.807) is 0 Å². The Hall–Kier alpha value is -2.95. The van der Waals surface area contributed by atoms with Gasteiger partial charge in [0.1, 0.15) is 11.3 Å². The first-order chi connectivity index (χ1) is 14.4. The van der Waals surface area contributed by atoms with Crippen molar-refractivity contribution < 1.29 is 14.3 Å². The molecule has 0 aliphatic carbocycles. The van der Waals surface area contributed by atoms with Gasteiger partial charge in [0.05, 0.1) is 11.5 Å². The van der Waals surface area contributed by atoms with E-state index in [1.165, 1.54) is 0 Å². The fraction of sp³-hybridized carbons (Fsp3) is 0.400. The molecule has 158 valence electrons. The molecule has 0 fully saturated rings. The summed E-state index contributed by atoms with van der Waals surface area (Å²) < 4.78 is 7.94. The summed E-state index contributed by atoms with van der Waals surface area (Å²) in [6.45, 7) is 7.91. The van der Waals surface area contributed by atoms with E-state index in [-0.39, 0.29) is 24.1 Å². The fourth-order valence-electron chi connectivity index (χ4n) is 3.76. The Bertz CT molecular complexity index is 1070. The second kappa shape index (κ2) is 9.24. The Morgan fingerprint density at radius 2 is 1.80 bits per heavy atom. The molecule has 0 N–H and O–H groups in total. The molecule has 1 aromatic carbocycles. The first kappa shape index (κ1) is 21.8. The number of ketones is 2. The van der Waals surface area contributed by atoms with Gasteiger partial charge in [-0.25, -0.2) is 4.98 Å². The number of rotatable bonds is 9. The zero-order chi connectivity index (χ0) is 21.8. The predicted octanol–water partition coefficient (Wildman–Crippen LogP) is 5.33. The van der Waals surface area contributed by atoms with Crippen LogP contribution >= 0.6 is 0 Å². The molecule has 0 saturated heterocycles. The summed E-state index contributed by atoms with van der Waals surface area (Å²) in [5, 5.41) is 0.790. The van der Waals surface area contributed by atoms with E-state index in [9.17, 15) is 9.59 Å². The Balaban J connectivity index is 2.15. The van der Waals surface area contributed by atoms with Gasteiger partial charge in [-0.2, -0.15) is 0 Å². The molecule has 5 nitrogen and oxygen atoms in total. The zero-order valence-electron chi connectivity index (χ0n) is 18.5. The van der Waals surface area contributed by atoms with E-state index in [0.717, 1.165) is 28.7 Å². The molecule has 0 saturated carbocycles. The van der Waals surface area contributed by atoms with Crippen LogP contribution in [0.4, 0.5) is 0 Å². The lowest BCUT2D eigenvalue weighted by Gasteiger charge is -2.12. The van der Waals surface area contributed by atoms with Gasteiger partial charge < -0.3 is 9.30 Å². The number of hydrogen-bond donors (Lipinski definition) is 0. The van der Waals surface area contributed by atoms with Gasteiger partial charge in [-0.3, -0.25) is 9.59 Å². The maximum absolute atomic E-state index is 12.9. The smallest absolute Gasteiger partial charge is 0.183 e. The summed E-state index contributed by atoms with van der Waals surface area (Å²) in [4.78, 5) is 30.5. The SMILES string of the molecule is CCCC(=O)c1c(OC(C)C)c2cc(CC(=O)c3ccccc3)c(CC)nc2n1C. The van der Waals surface area contributed by atoms with Crippen LogP contribution in [0.5, 0.6) is 5.75 Å². The lowest BCUT2D eigenvalue weighted by molar-refractivity contribution is 0.0965. The molecule has 2 aromatic heterocycles. The third kappa shape index (κ3) is 4.30. The Morgan fingerprint density at radius 3 is 2.40 bits per heavy atom. The molecule has 0 aliphatic heterocycles. The molecule has 2 heterocycles. The van der Waals surface area contributed by atoms with E-state index < -0.39 is 0 Å². The first-order valence-corrected chi connectivity index (χ1v) is 10.7. The van der Waals surface area contributed by atoms with Crippen LogP contribution in [-0.2, 0) is 19.9 Å². The number of nitrogens with zero attached hydrogens (tertiary/aromatic N) is 2. The summed E-state index contributed by atoms with van der Waals surface area (Å²) >= 11 is 0. The van der Waals surface area contributed by atoms with Gasteiger partial charge in [0.25, 0.3) is 0 Å². The van der Waals surface area contributed by atoms with Crippen molar-refractivity contribution in [2.75, 3.05) is 0 Å². The van der Waals surface area contributed by atoms with Crippen LogP contribution in [0.1, 0.15) is 72.6 Å². The maximum Gasteiger partial charge on any atom is 0.183 e. The highest BCUT2D eigenvalue weighted by Gasteiger charge is 2.25. The van der Waals surface area contributed by atoms with Crippen molar-refractivity contribution in [3.63, 3.8) is 0 Å². The summed E-state index contributed by atoms with van der Waals surface area (Å²) in [5.74, 6) is 0.675. The summed E-state index contributed by atoms with van der Waals surface area (Å²) in [5.41, 5.74) is 3.72. The van der Waals surface area contributed by atoms with Crippen LogP contribution in [0.15, 0.2) is 36.4 Å². The normalized spacial score (nSPS) is 11.3. The Morgan fingerprint density at radius 1 is 1.10 bits per heavy atom. The first-order valence-electron chi connectivity index (χ1n) is 10.7. The number of carbonyl (C=O) groups is 2. The minimum absolute atomic E-state index is 0.0496. The van der Waals surface area contributed by atoms with Crippen LogP contribution in [-0.4, -0.2) is 27.2 Å². The highest BCUT2D eigenvalue weighted by atomic mass is 16.5. The van der Waals surface area contributed by atoms with Crippen molar-refractivity contribution in [2.45, 2.75) is 59.5 Å². The summed E-state index contributed by atoms with van der Waals surface area (Å²) in [7, 11) is 1.86. The van der Waals surface area contributed by atoms with Crippen molar-refractivity contribution in [2.24, 2.45) is 7.05 Å². The number of pyridine rings is 1. The van der Waals surface area contributed by atoms with Crippen molar-refractivity contribution in [3.05, 3.63) is 58.9 Å².